The molecule has 2 aromatic heterocycles. The van der Waals surface area contributed by atoms with Gasteiger partial charge in [-0.05, 0) is 19.1 Å². The number of hydrogen-bond acceptors (Lipinski definition) is 8. The summed E-state index contributed by atoms with van der Waals surface area (Å²) >= 11 is 0. The summed E-state index contributed by atoms with van der Waals surface area (Å²) in [7, 11) is 1.51. The Kier molecular flexibility index (Phi) is 6.36. The van der Waals surface area contributed by atoms with Crippen molar-refractivity contribution in [2.75, 3.05) is 19.0 Å². The third kappa shape index (κ3) is 4.90. The summed E-state index contributed by atoms with van der Waals surface area (Å²) in [6.45, 7) is 1.55. The van der Waals surface area contributed by atoms with Crippen LogP contribution in [-0.4, -0.2) is 35.7 Å². The van der Waals surface area contributed by atoms with Gasteiger partial charge in [0.25, 0.3) is 5.91 Å². The first kappa shape index (κ1) is 23.1. The molecule has 0 fully saturated rings. The highest BCUT2D eigenvalue weighted by Crippen LogP contribution is 2.36. The van der Waals surface area contributed by atoms with Gasteiger partial charge in [-0.2, -0.15) is 4.98 Å². The molecule has 0 aliphatic rings. The Balaban J connectivity index is 1.16. The van der Waals surface area contributed by atoms with Crippen molar-refractivity contribution in [3.05, 3.63) is 72.1 Å². The highest BCUT2D eigenvalue weighted by Gasteiger charge is 2.16. The maximum absolute atomic E-state index is 12.4. The Labute approximate surface area is 206 Å². The fraction of sp³-hybridized carbons (Fsp3) is 0.185. The maximum Gasteiger partial charge on any atom is 0.306 e. The minimum absolute atomic E-state index is 0.00290. The molecule has 2 heterocycles. The lowest BCUT2D eigenvalue weighted by atomic mass is 10.1. The first-order chi connectivity index (χ1) is 17.5. The van der Waals surface area contributed by atoms with Gasteiger partial charge in [-0.15, -0.1) is 0 Å². The number of hydrogen-bond donors (Lipinski definition) is 1. The minimum Gasteiger partial charge on any atom is -0.495 e. The summed E-state index contributed by atoms with van der Waals surface area (Å²) in [5.74, 6) is 0.176. The predicted molar refractivity (Wildman–Crippen MR) is 133 cm³/mol. The third-order valence-electron chi connectivity index (χ3n) is 5.66. The van der Waals surface area contributed by atoms with Crippen LogP contribution in [0, 0.1) is 6.92 Å². The SMILES string of the molecule is COc1cc2c(cc1NC(=O)COC(=O)CCc1nc(-c3ccc(C)cc3)no1)oc1ccccc12. The number of carbonyl (C=O) groups excluding carboxylic acids is 2. The highest BCUT2D eigenvalue weighted by atomic mass is 16.5. The molecule has 0 spiro atoms. The molecule has 0 aliphatic carbocycles. The highest BCUT2D eigenvalue weighted by molar-refractivity contribution is 6.07. The van der Waals surface area contributed by atoms with Crippen LogP contribution in [0.4, 0.5) is 5.69 Å². The lowest BCUT2D eigenvalue weighted by Gasteiger charge is -2.10. The van der Waals surface area contributed by atoms with Crippen LogP contribution >= 0.6 is 0 Å². The summed E-state index contributed by atoms with van der Waals surface area (Å²) in [5, 5.41) is 8.48. The quantitative estimate of drug-likeness (QED) is 0.303. The first-order valence-corrected chi connectivity index (χ1v) is 11.3. The van der Waals surface area contributed by atoms with E-state index in [-0.39, 0.29) is 12.8 Å². The van der Waals surface area contributed by atoms with Gasteiger partial charge >= 0.3 is 5.97 Å². The molecule has 0 radical (unpaired) electrons. The van der Waals surface area contributed by atoms with Crippen LogP contribution < -0.4 is 10.1 Å². The van der Waals surface area contributed by atoms with Gasteiger partial charge in [0.05, 0.1) is 19.2 Å². The fourth-order valence-electron chi connectivity index (χ4n) is 3.81. The minimum atomic E-state index is -0.556. The van der Waals surface area contributed by atoms with Gasteiger partial charge in [-0.3, -0.25) is 9.59 Å². The number of anilines is 1. The standard InChI is InChI=1S/C27H23N3O6/c1-16-7-9-17(10-8-16)27-29-25(36-30-27)11-12-26(32)34-15-24(31)28-20-14-22-19(13-23(20)33-2)18-5-3-4-6-21(18)35-22/h3-10,13-14H,11-12,15H2,1-2H3,(H,28,31). The zero-order valence-electron chi connectivity index (χ0n) is 19.7. The fourth-order valence-corrected chi connectivity index (χ4v) is 3.81. The maximum atomic E-state index is 12.4. The first-order valence-electron chi connectivity index (χ1n) is 11.3. The van der Waals surface area contributed by atoms with Gasteiger partial charge in [-0.1, -0.05) is 53.2 Å². The molecule has 9 nitrogen and oxygen atoms in total. The van der Waals surface area contributed by atoms with Gasteiger partial charge in [0.2, 0.25) is 11.7 Å². The number of aromatic nitrogens is 2. The van der Waals surface area contributed by atoms with Crippen LogP contribution in [0.3, 0.4) is 0 Å². The normalized spacial score (nSPS) is 11.1. The topological polar surface area (TPSA) is 117 Å². The van der Waals surface area contributed by atoms with E-state index in [1.165, 1.54) is 7.11 Å². The van der Waals surface area contributed by atoms with E-state index in [9.17, 15) is 9.59 Å². The molecular weight excluding hydrogens is 462 g/mol. The molecule has 3 aromatic carbocycles. The van der Waals surface area contributed by atoms with Crippen LogP contribution in [0.15, 0.2) is 69.6 Å². The number of esters is 1. The van der Waals surface area contributed by atoms with E-state index in [1.807, 2.05) is 55.5 Å². The largest absolute Gasteiger partial charge is 0.495 e. The van der Waals surface area contributed by atoms with Crippen LogP contribution in [0.2, 0.25) is 0 Å². The van der Waals surface area contributed by atoms with Crippen molar-refractivity contribution in [3.8, 4) is 17.1 Å². The number of aryl methyl sites for hydroxylation is 2. The second-order valence-electron chi connectivity index (χ2n) is 8.23. The monoisotopic (exact) mass is 485 g/mol. The molecule has 1 amide bonds. The van der Waals surface area contributed by atoms with E-state index in [0.29, 0.717) is 28.7 Å². The predicted octanol–water partition coefficient (Wildman–Crippen LogP) is 5.07. The number of methoxy groups -OCH3 is 1. The number of nitrogens with zero attached hydrogens (tertiary/aromatic N) is 2. The van der Waals surface area contributed by atoms with E-state index < -0.39 is 18.5 Å². The summed E-state index contributed by atoms with van der Waals surface area (Å²) in [4.78, 5) is 28.9. The van der Waals surface area contributed by atoms with Crippen LogP contribution in [0.5, 0.6) is 5.75 Å². The molecule has 0 atom stereocenters. The van der Waals surface area contributed by atoms with Crippen LogP contribution in [-0.2, 0) is 20.7 Å². The van der Waals surface area contributed by atoms with Gasteiger partial charge < -0.3 is 23.7 Å². The molecule has 36 heavy (non-hydrogen) atoms. The van der Waals surface area contributed by atoms with Gasteiger partial charge in [0.1, 0.15) is 16.9 Å². The van der Waals surface area contributed by atoms with Crippen LogP contribution in [0.1, 0.15) is 17.9 Å². The summed E-state index contributed by atoms with van der Waals surface area (Å²) in [6.07, 6.45) is 0.201. The number of benzene rings is 3. The average molecular weight is 485 g/mol. The third-order valence-corrected chi connectivity index (χ3v) is 5.66. The molecule has 0 aliphatic heterocycles. The molecule has 182 valence electrons. The lowest BCUT2D eigenvalue weighted by Crippen LogP contribution is -2.21. The Morgan fingerprint density at radius 1 is 1.00 bits per heavy atom. The van der Waals surface area contributed by atoms with Crippen molar-refractivity contribution in [1.82, 2.24) is 10.1 Å². The van der Waals surface area contributed by atoms with Gasteiger partial charge in [0.15, 0.2) is 6.61 Å². The van der Waals surface area contributed by atoms with Crippen molar-refractivity contribution in [2.45, 2.75) is 19.8 Å². The molecule has 5 rings (SSSR count). The van der Waals surface area contributed by atoms with Gasteiger partial charge in [0, 0.05) is 28.8 Å². The number of furan rings is 1. The zero-order chi connectivity index (χ0) is 25.1. The van der Waals surface area contributed by atoms with E-state index in [2.05, 4.69) is 15.5 Å². The number of carbonyl (C=O) groups is 2. The Hall–Kier alpha value is -4.66. The number of ether oxygens (including phenoxy) is 2. The molecule has 0 saturated carbocycles. The van der Waals surface area contributed by atoms with Crippen molar-refractivity contribution in [2.24, 2.45) is 0 Å². The van der Waals surface area contributed by atoms with Crippen LogP contribution in [0.25, 0.3) is 33.3 Å². The molecule has 0 unspecified atom stereocenters. The second kappa shape index (κ2) is 9.91. The molecule has 0 bridgehead atoms. The summed E-state index contributed by atoms with van der Waals surface area (Å²) in [5.41, 5.74) is 3.71. The van der Waals surface area contributed by atoms with E-state index in [0.717, 1.165) is 27.5 Å². The smallest absolute Gasteiger partial charge is 0.306 e. The second-order valence-corrected chi connectivity index (χ2v) is 8.23. The average Bonchev–Trinajstić information content (AvgIpc) is 3.50. The number of amides is 1. The van der Waals surface area contributed by atoms with E-state index in [4.69, 9.17) is 18.4 Å². The molecule has 5 aromatic rings. The van der Waals surface area contributed by atoms with E-state index >= 15 is 0 Å². The number of rotatable bonds is 8. The van der Waals surface area contributed by atoms with Crippen molar-refractivity contribution in [1.29, 1.82) is 0 Å². The Morgan fingerprint density at radius 3 is 2.61 bits per heavy atom. The van der Waals surface area contributed by atoms with Crippen molar-refractivity contribution < 1.29 is 28.0 Å². The molecule has 9 heteroatoms. The lowest BCUT2D eigenvalue weighted by molar-refractivity contribution is -0.147. The van der Waals surface area contributed by atoms with Gasteiger partial charge in [-0.25, -0.2) is 0 Å². The Morgan fingerprint density at radius 2 is 1.81 bits per heavy atom. The van der Waals surface area contributed by atoms with Crippen molar-refractivity contribution in [3.63, 3.8) is 0 Å². The zero-order valence-corrected chi connectivity index (χ0v) is 19.7. The number of nitrogens with one attached hydrogen (secondary N) is 1. The summed E-state index contributed by atoms with van der Waals surface area (Å²) in [6, 6.07) is 18.8. The summed E-state index contributed by atoms with van der Waals surface area (Å²) < 4.78 is 21.6. The van der Waals surface area contributed by atoms with Crippen molar-refractivity contribution >= 4 is 39.5 Å². The molecular formula is C27H23N3O6. The number of para-hydroxylation sites is 1. The van der Waals surface area contributed by atoms with E-state index in [1.54, 1.807) is 12.1 Å². The Bertz CT molecular complexity index is 1550. The molecule has 0 saturated heterocycles. The molecule has 1 N–H and O–H groups in total. The number of fused-ring (bicyclic) bond motifs is 3.